The molecule has 1 aliphatic rings. The molecule has 1 aromatic carbocycles. The first kappa shape index (κ1) is 13.9. The number of carbonyl (C=O) groups excluding carboxylic acids is 1. The van der Waals surface area contributed by atoms with Gasteiger partial charge in [0.2, 0.25) is 0 Å². The second-order valence-electron chi connectivity index (χ2n) is 4.52. The zero-order valence-electron chi connectivity index (χ0n) is 10.5. The van der Waals surface area contributed by atoms with Gasteiger partial charge in [0.05, 0.1) is 16.7 Å². The van der Waals surface area contributed by atoms with Crippen LogP contribution >= 0.6 is 11.6 Å². The van der Waals surface area contributed by atoms with E-state index in [4.69, 9.17) is 16.7 Å². The molecule has 0 saturated carbocycles. The summed E-state index contributed by atoms with van der Waals surface area (Å²) in [4.78, 5) is 13.9. The summed E-state index contributed by atoms with van der Waals surface area (Å²) in [5.74, 6) is -0.170. The molecule has 19 heavy (non-hydrogen) atoms. The van der Waals surface area contributed by atoms with Crippen LogP contribution in [-0.4, -0.2) is 29.1 Å². The van der Waals surface area contributed by atoms with Crippen LogP contribution < -0.4 is 0 Å². The number of benzene rings is 1. The number of aliphatic hydroxyl groups excluding tert-OH is 1. The number of halogens is 1. The minimum absolute atomic E-state index is 0.154. The van der Waals surface area contributed by atoms with E-state index in [1.807, 2.05) is 0 Å². The van der Waals surface area contributed by atoms with Crippen molar-refractivity contribution in [3.05, 3.63) is 34.3 Å². The molecule has 4 nitrogen and oxygen atoms in total. The lowest BCUT2D eigenvalue weighted by atomic mass is 10.1. The maximum absolute atomic E-state index is 12.3. The Balaban J connectivity index is 2.17. The summed E-state index contributed by atoms with van der Waals surface area (Å²) in [6.07, 6.45) is 2.32. The summed E-state index contributed by atoms with van der Waals surface area (Å²) in [5, 5.41) is 18.4. The lowest BCUT2D eigenvalue weighted by Gasteiger charge is -2.19. The summed E-state index contributed by atoms with van der Waals surface area (Å²) in [6, 6.07) is 6.82. The van der Waals surface area contributed by atoms with Crippen molar-refractivity contribution >= 4 is 17.5 Å². The average molecular weight is 279 g/mol. The minimum atomic E-state index is -0.546. The fraction of sp³-hybridized carbons (Fsp3) is 0.429. The molecule has 0 radical (unpaired) electrons. The van der Waals surface area contributed by atoms with Crippen LogP contribution in [-0.2, 0) is 0 Å². The lowest BCUT2D eigenvalue weighted by Crippen LogP contribution is -2.28. The van der Waals surface area contributed by atoms with Gasteiger partial charge in [-0.15, -0.1) is 0 Å². The summed E-state index contributed by atoms with van der Waals surface area (Å²) in [7, 11) is 0. The van der Waals surface area contributed by atoms with E-state index in [1.54, 1.807) is 23.1 Å². The van der Waals surface area contributed by atoms with E-state index >= 15 is 0 Å². The Morgan fingerprint density at radius 3 is 2.84 bits per heavy atom. The Morgan fingerprint density at radius 1 is 1.37 bits per heavy atom. The molecule has 1 unspecified atom stereocenters. The van der Waals surface area contributed by atoms with Crippen molar-refractivity contribution in [2.45, 2.75) is 25.3 Å². The number of rotatable bonds is 5. The van der Waals surface area contributed by atoms with Gasteiger partial charge in [-0.05, 0) is 25.3 Å². The van der Waals surface area contributed by atoms with Gasteiger partial charge in [0, 0.05) is 18.7 Å². The number of nitrogens with zero attached hydrogens (tertiary/aromatic N) is 2. The molecule has 1 N–H and O–H groups in total. The van der Waals surface area contributed by atoms with Crippen molar-refractivity contribution in [3.63, 3.8) is 0 Å². The summed E-state index contributed by atoms with van der Waals surface area (Å²) in [5.41, 5.74) is 1.15. The Hall–Kier alpha value is -1.57. The first-order chi connectivity index (χ1) is 9.20. The highest BCUT2D eigenvalue weighted by atomic mass is 35.5. The Kier molecular flexibility index (Phi) is 4.41. The Labute approximate surface area is 117 Å². The zero-order valence-corrected chi connectivity index (χ0v) is 11.2. The van der Waals surface area contributed by atoms with Gasteiger partial charge < -0.3 is 10.0 Å². The number of amides is 1. The molecule has 1 heterocycles. The van der Waals surface area contributed by atoms with Crippen LogP contribution in [0.4, 0.5) is 0 Å². The lowest BCUT2D eigenvalue weighted by molar-refractivity contribution is 0.0754. The molecule has 1 aliphatic heterocycles. The van der Waals surface area contributed by atoms with Gasteiger partial charge in [-0.25, -0.2) is 0 Å². The average Bonchev–Trinajstić information content (AvgIpc) is 2.68. The van der Waals surface area contributed by atoms with Crippen LogP contribution in [0, 0.1) is 11.3 Å². The van der Waals surface area contributed by atoms with Crippen molar-refractivity contribution in [2.75, 3.05) is 13.2 Å². The molecule has 0 aromatic heterocycles. The molecule has 0 saturated heterocycles. The first-order valence-corrected chi connectivity index (χ1v) is 6.68. The largest absolute Gasteiger partial charge is 0.396 e. The molecular formula is C14H15ClN2O2. The molecule has 0 aliphatic carbocycles. The van der Waals surface area contributed by atoms with Crippen molar-refractivity contribution in [1.29, 1.82) is 5.26 Å². The Bertz CT molecular complexity index is 525. The van der Waals surface area contributed by atoms with Crippen LogP contribution in [0.2, 0.25) is 5.02 Å². The number of hydrogen-bond donors (Lipinski definition) is 1. The van der Waals surface area contributed by atoms with E-state index < -0.39 is 6.04 Å². The fourth-order valence-electron chi connectivity index (χ4n) is 2.36. The van der Waals surface area contributed by atoms with Gasteiger partial charge in [-0.1, -0.05) is 23.7 Å². The van der Waals surface area contributed by atoms with E-state index in [9.17, 15) is 10.1 Å². The monoisotopic (exact) mass is 278 g/mol. The normalized spacial score (nSPS) is 17.4. The molecule has 1 aromatic rings. The predicted molar refractivity (Wildman–Crippen MR) is 71.8 cm³/mol. The molecule has 100 valence electrons. The third-order valence-electron chi connectivity index (χ3n) is 3.31. The molecule has 2 rings (SSSR count). The molecule has 1 atom stereocenters. The molecular weight excluding hydrogens is 264 g/mol. The van der Waals surface area contributed by atoms with Gasteiger partial charge in [-0.2, -0.15) is 5.26 Å². The van der Waals surface area contributed by atoms with Gasteiger partial charge in [0.25, 0.3) is 5.91 Å². The standard InChI is InChI=1S/C14H15ClN2O2/c15-11-6-4-5-10-12(9-16)17(14(19)13(10)11)7-2-1-3-8-18/h4-6,12,18H,1-3,7-8H2. The van der Waals surface area contributed by atoms with Crippen LogP contribution in [0.15, 0.2) is 18.2 Å². The zero-order chi connectivity index (χ0) is 13.8. The minimum Gasteiger partial charge on any atom is -0.396 e. The molecule has 0 spiro atoms. The highest BCUT2D eigenvalue weighted by Gasteiger charge is 2.37. The van der Waals surface area contributed by atoms with Crippen molar-refractivity contribution in [2.24, 2.45) is 0 Å². The van der Waals surface area contributed by atoms with Gasteiger partial charge in [0.1, 0.15) is 6.04 Å². The summed E-state index contributed by atoms with van der Waals surface area (Å²) >= 11 is 6.05. The third-order valence-corrected chi connectivity index (χ3v) is 3.62. The number of fused-ring (bicyclic) bond motifs is 1. The van der Waals surface area contributed by atoms with Gasteiger partial charge in [0.15, 0.2) is 0 Å². The maximum Gasteiger partial charge on any atom is 0.257 e. The molecule has 5 heteroatoms. The van der Waals surface area contributed by atoms with Crippen molar-refractivity contribution in [3.8, 4) is 6.07 Å². The highest BCUT2D eigenvalue weighted by molar-refractivity contribution is 6.34. The SMILES string of the molecule is N#CC1c2cccc(Cl)c2C(=O)N1CCCCCO. The maximum atomic E-state index is 12.3. The number of unbranched alkanes of at least 4 members (excludes halogenated alkanes) is 2. The smallest absolute Gasteiger partial charge is 0.257 e. The van der Waals surface area contributed by atoms with Crippen LogP contribution in [0.3, 0.4) is 0 Å². The van der Waals surface area contributed by atoms with E-state index in [0.29, 0.717) is 29.1 Å². The number of carbonyl (C=O) groups is 1. The van der Waals surface area contributed by atoms with Crippen molar-refractivity contribution < 1.29 is 9.90 Å². The first-order valence-electron chi connectivity index (χ1n) is 6.30. The second-order valence-corrected chi connectivity index (χ2v) is 4.93. The Morgan fingerprint density at radius 2 is 2.16 bits per heavy atom. The van der Waals surface area contributed by atoms with Gasteiger partial charge in [-0.3, -0.25) is 4.79 Å². The highest BCUT2D eigenvalue weighted by Crippen LogP contribution is 2.37. The van der Waals surface area contributed by atoms with Crippen LogP contribution in [0.25, 0.3) is 0 Å². The van der Waals surface area contributed by atoms with Gasteiger partial charge >= 0.3 is 0 Å². The fourth-order valence-corrected chi connectivity index (χ4v) is 2.63. The predicted octanol–water partition coefficient (Wildman–Crippen LogP) is 2.52. The van der Waals surface area contributed by atoms with E-state index in [1.165, 1.54) is 0 Å². The van der Waals surface area contributed by atoms with Crippen LogP contribution in [0.1, 0.15) is 41.2 Å². The molecule has 0 fully saturated rings. The third kappa shape index (κ3) is 2.58. The van der Waals surface area contributed by atoms with Crippen molar-refractivity contribution in [1.82, 2.24) is 4.90 Å². The summed E-state index contributed by atoms with van der Waals surface area (Å²) < 4.78 is 0. The molecule has 0 bridgehead atoms. The topological polar surface area (TPSA) is 64.3 Å². The number of hydrogen-bond acceptors (Lipinski definition) is 3. The molecule has 1 amide bonds. The summed E-state index contributed by atoms with van der Waals surface area (Å²) in [6.45, 7) is 0.670. The van der Waals surface area contributed by atoms with E-state index in [0.717, 1.165) is 12.8 Å². The van der Waals surface area contributed by atoms with E-state index in [2.05, 4.69) is 6.07 Å². The van der Waals surface area contributed by atoms with E-state index in [-0.39, 0.29) is 12.5 Å². The van der Waals surface area contributed by atoms with Crippen LogP contribution in [0.5, 0.6) is 0 Å². The second kappa shape index (κ2) is 6.05. The quantitative estimate of drug-likeness (QED) is 0.842. The number of nitriles is 1. The number of aliphatic hydroxyl groups is 1.